The molecule has 0 fully saturated rings. The number of aryl methyl sites for hydroxylation is 1. The van der Waals surface area contributed by atoms with Crippen LogP contribution in [-0.4, -0.2) is 14.8 Å². The van der Waals surface area contributed by atoms with Crippen LogP contribution in [0.25, 0.3) is 0 Å². The summed E-state index contributed by atoms with van der Waals surface area (Å²) in [6.45, 7) is 6.63. The fraction of sp³-hybridized carbons (Fsp3) is 0.200. The van der Waals surface area contributed by atoms with Gasteiger partial charge in [-0.05, 0) is 48.4 Å². The lowest BCUT2D eigenvalue weighted by Crippen LogP contribution is -2.08. The molecular formula is C20H18Cl3N3OS. The van der Waals surface area contributed by atoms with Gasteiger partial charge in [0.25, 0.3) is 0 Å². The van der Waals surface area contributed by atoms with Gasteiger partial charge in [0.1, 0.15) is 12.4 Å². The van der Waals surface area contributed by atoms with Crippen LogP contribution in [0.3, 0.4) is 0 Å². The van der Waals surface area contributed by atoms with Gasteiger partial charge >= 0.3 is 0 Å². The van der Waals surface area contributed by atoms with E-state index in [9.17, 15) is 0 Å². The molecule has 0 spiro atoms. The number of benzene rings is 2. The van der Waals surface area contributed by atoms with E-state index in [0.717, 1.165) is 22.0 Å². The molecule has 3 rings (SSSR count). The molecule has 1 heterocycles. The van der Waals surface area contributed by atoms with E-state index in [-0.39, 0.29) is 6.61 Å². The van der Waals surface area contributed by atoms with E-state index < -0.39 is 0 Å². The quantitative estimate of drug-likeness (QED) is 0.284. The molecule has 0 unspecified atom stereocenters. The Bertz CT molecular complexity index is 971. The SMILES string of the molecule is C=CCn1c(COc2ccc(Cl)cc2C)nnc1SCc1c(Cl)cccc1Cl. The maximum Gasteiger partial charge on any atom is 0.191 e. The molecule has 3 aromatic rings. The number of ether oxygens (including phenoxy) is 1. The third kappa shape index (κ3) is 5.03. The monoisotopic (exact) mass is 453 g/mol. The number of hydrogen-bond acceptors (Lipinski definition) is 4. The Morgan fingerprint density at radius 1 is 1.14 bits per heavy atom. The highest BCUT2D eigenvalue weighted by Crippen LogP contribution is 2.31. The summed E-state index contributed by atoms with van der Waals surface area (Å²) < 4.78 is 7.88. The fourth-order valence-corrected chi connectivity index (χ4v) is 4.50. The summed E-state index contributed by atoms with van der Waals surface area (Å²) in [6, 6.07) is 11.0. The highest BCUT2D eigenvalue weighted by molar-refractivity contribution is 7.98. The summed E-state index contributed by atoms with van der Waals surface area (Å²) in [6.07, 6.45) is 1.80. The van der Waals surface area contributed by atoms with E-state index in [1.807, 2.05) is 41.8 Å². The molecular weight excluding hydrogens is 437 g/mol. The zero-order valence-electron chi connectivity index (χ0n) is 15.2. The van der Waals surface area contributed by atoms with Gasteiger partial charge in [0.15, 0.2) is 11.0 Å². The van der Waals surface area contributed by atoms with E-state index in [4.69, 9.17) is 39.5 Å². The van der Waals surface area contributed by atoms with Crippen molar-refractivity contribution in [3.63, 3.8) is 0 Å². The van der Waals surface area contributed by atoms with Crippen LogP contribution in [0.4, 0.5) is 0 Å². The molecule has 0 saturated heterocycles. The molecule has 2 aromatic carbocycles. The Morgan fingerprint density at radius 2 is 1.89 bits per heavy atom. The van der Waals surface area contributed by atoms with Crippen molar-refractivity contribution in [2.24, 2.45) is 0 Å². The number of aromatic nitrogens is 3. The molecule has 0 bridgehead atoms. The summed E-state index contributed by atoms with van der Waals surface area (Å²) in [5.74, 6) is 2.06. The van der Waals surface area contributed by atoms with Gasteiger partial charge in [-0.1, -0.05) is 58.7 Å². The van der Waals surface area contributed by atoms with E-state index in [1.165, 1.54) is 11.8 Å². The summed E-state index contributed by atoms with van der Waals surface area (Å²) in [5, 5.41) is 11.3. The molecule has 146 valence electrons. The molecule has 0 aliphatic rings. The lowest BCUT2D eigenvalue weighted by molar-refractivity contribution is 0.287. The van der Waals surface area contributed by atoms with Crippen molar-refractivity contribution >= 4 is 46.6 Å². The van der Waals surface area contributed by atoms with Gasteiger partial charge in [0, 0.05) is 27.4 Å². The van der Waals surface area contributed by atoms with Gasteiger partial charge in [0.05, 0.1) is 0 Å². The largest absolute Gasteiger partial charge is 0.485 e. The Morgan fingerprint density at radius 3 is 2.57 bits per heavy atom. The van der Waals surface area contributed by atoms with Crippen molar-refractivity contribution in [2.45, 2.75) is 31.0 Å². The second kappa shape index (κ2) is 9.70. The summed E-state index contributed by atoms with van der Waals surface area (Å²) >= 11 is 20.0. The predicted molar refractivity (Wildman–Crippen MR) is 117 cm³/mol. The standard InChI is InChI=1S/C20H18Cl3N3OS/c1-3-9-26-19(11-27-18-8-7-14(21)10-13(18)2)24-25-20(26)28-12-15-16(22)5-4-6-17(15)23/h3-8,10H,1,9,11-12H2,2H3. The highest BCUT2D eigenvalue weighted by atomic mass is 35.5. The molecule has 0 N–H and O–H groups in total. The lowest BCUT2D eigenvalue weighted by atomic mass is 10.2. The normalized spacial score (nSPS) is 10.9. The number of allylic oxidation sites excluding steroid dienone is 1. The number of halogens is 3. The summed E-state index contributed by atoms with van der Waals surface area (Å²) in [4.78, 5) is 0. The third-order valence-electron chi connectivity index (χ3n) is 4.01. The molecule has 28 heavy (non-hydrogen) atoms. The average molecular weight is 455 g/mol. The zero-order valence-corrected chi connectivity index (χ0v) is 18.2. The Hall–Kier alpha value is -1.66. The van der Waals surface area contributed by atoms with Gasteiger partial charge in [0.2, 0.25) is 0 Å². The van der Waals surface area contributed by atoms with Crippen molar-refractivity contribution in [3.05, 3.63) is 81.1 Å². The second-order valence-corrected chi connectivity index (χ2v) is 8.18. The minimum absolute atomic E-state index is 0.288. The molecule has 0 aliphatic heterocycles. The Balaban J connectivity index is 1.75. The minimum Gasteiger partial charge on any atom is -0.485 e. The summed E-state index contributed by atoms with van der Waals surface area (Å²) in [7, 11) is 0. The minimum atomic E-state index is 0.288. The van der Waals surface area contributed by atoms with Crippen molar-refractivity contribution in [3.8, 4) is 5.75 Å². The van der Waals surface area contributed by atoms with Crippen molar-refractivity contribution in [1.82, 2.24) is 14.8 Å². The molecule has 0 saturated carbocycles. The fourth-order valence-electron chi connectivity index (χ4n) is 2.57. The van der Waals surface area contributed by atoms with E-state index in [2.05, 4.69) is 16.8 Å². The first-order chi connectivity index (χ1) is 13.5. The molecule has 0 radical (unpaired) electrons. The predicted octanol–water partition coefficient (Wildman–Crippen LogP) is 6.60. The molecule has 0 aliphatic carbocycles. The van der Waals surface area contributed by atoms with E-state index in [1.54, 1.807) is 12.1 Å². The van der Waals surface area contributed by atoms with Gasteiger partial charge in [-0.3, -0.25) is 4.57 Å². The van der Waals surface area contributed by atoms with E-state index in [0.29, 0.717) is 33.2 Å². The maximum atomic E-state index is 6.26. The zero-order chi connectivity index (χ0) is 20.1. The van der Waals surface area contributed by atoms with E-state index >= 15 is 0 Å². The van der Waals surface area contributed by atoms with Gasteiger partial charge in [-0.2, -0.15) is 0 Å². The van der Waals surface area contributed by atoms with Crippen molar-refractivity contribution in [2.75, 3.05) is 0 Å². The van der Waals surface area contributed by atoms with Gasteiger partial charge < -0.3 is 4.74 Å². The molecule has 0 amide bonds. The number of hydrogen-bond donors (Lipinski definition) is 0. The van der Waals surface area contributed by atoms with Crippen molar-refractivity contribution < 1.29 is 4.74 Å². The van der Waals surface area contributed by atoms with Crippen LogP contribution in [0.15, 0.2) is 54.2 Å². The van der Waals surface area contributed by atoms with Crippen molar-refractivity contribution in [1.29, 1.82) is 0 Å². The van der Waals surface area contributed by atoms with Crippen LogP contribution in [0.5, 0.6) is 5.75 Å². The molecule has 1 aromatic heterocycles. The van der Waals surface area contributed by atoms with Crippen LogP contribution < -0.4 is 4.74 Å². The maximum absolute atomic E-state index is 6.26. The third-order valence-corrected chi connectivity index (χ3v) is 5.94. The number of rotatable bonds is 8. The lowest BCUT2D eigenvalue weighted by Gasteiger charge is -2.11. The second-order valence-electron chi connectivity index (χ2n) is 5.99. The smallest absolute Gasteiger partial charge is 0.191 e. The molecule has 4 nitrogen and oxygen atoms in total. The first-order valence-electron chi connectivity index (χ1n) is 8.47. The first-order valence-corrected chi connectivity index (χ1v) is 10.6. The Kier molecular flexibility index (Phi) is 7.30. The molecule has 0 atom stereocenters. The van der Waals surface area contributed by atoms with Crippen LogP contribution in [0, 0.1) is 6.92 Å². The number of thioether (sulfide) groups is 1. The first kappa shape index (κ1) is 21.1. The van der Waals surface area contributed by atoms with Crippen LogP contribution in [-0.2, 0) is 18.9 Å². The van der Waals surface area contributed by atoms with Gasteiger partial charge in [-0.25, -0.2) is 0 Å². The Labute approximate surface area is 183 Å². The summed E-state index contributed by atoms with van der Waals surface area (Å²) in [5.41, 5.74) is 1.84. The van der Waals surface area contributed by atoms with Crippen LogP contribution in [0.2, 0.25) is 15.1 Å². The van der Waals surface area contributed by atoms with Crippen LogP contribution >= 0.6 is 46.6 Å². The van der Waals surface area contributed by atoms with Crippen LogP contribution in [0.1, 0.15) is 17.0 Å². The topological polar surface area (TPSA) is 39.9 Å². The molecule has 8 heteroatoms. The van der Waals surface area contributed by atoms with Gasteiger partial charge in [-0.15, -0.1) is 16.8 Å². The average Bonchev–Trinajstić information content (AvgIpc) is 3.03. The number of nitrogens with zero attached hydrogens (tertiary/aromatic N) is 3. The highest BCUT2D eigenvalue weighted by Gasteiger charge is 2.15.